The summed E-state index contributed by atoms with van der Waals surface area (Å²) in [5, 5.41) is 35.3. The Morgan fingerprint density at radius 3 is 1.31 bits per heavy atom. The molecule has 68 heavy (non-hydrogen) atoms. The second-order valence-corrected chi connectivity index (χ2v) is 16.7. The maximum absolute atomic E-state index is 10.5. The molecule has 12 rings (SSSR count). The molecule has 0 amide bonds. The first-order valence-electron chi connectivity index (χ1n) is 22.2. The average Bonchev–Trinajstić information content (AvgIpc) is 3.93. The Bertz CT molecular complexity index is 3990. The number of para-hydroxylation sites is 3. The molecular formula is C61H35N7. The van der Waals surface area contributed by atoms with Crippen molar-refractivity contribution in [1.29, 1.82) is 15.8 Å². The average molecular weight is 866 g/mol. The molecule has 314 valence electrons. The summed E-state index contributed by atoms with van der Waals surface area (Å²) >= 11 is 0. The van der Waals surface area contributed by atoms with Crippen LogP contribution in [0, 0.1) is 34.0 Å². The summed E-state index contributed by atoms with van der Waals surface area (Å²) in [4.78, 5) is 9.74. The first-order chi connectivity index (χ1) is 33.6. The number of hydrogen-bond acceptors (Lipinski definition) is 5. The van der Waals surface area contributed by atoms with Crippen molar-refractivity contribution in [2.75, 3.05) is 0 Å². The molecule has 0 N–H and O–H groups in total. The highest BCUT2D eigenvalue weighted by molar-refractivity contribution is 6.12. The largest absolute Gasteiger partial charge is 0.309 e. The van der Waals surface area contributed by atoms with Gasteiger partial charge in [-0.05, 0) is 101 Å². The highest BCUT2D eigenvalue weighted by atomic mass is 15.0. The van der Waals surface area contributed by atoms with Gasteiger partial charge in [-0.3, -0.25) is 0 Å². The zero-order valence-electron chi connectivity index (χ0n) is 36.3. The first-order valence-corrected chi connectivity index (χ1v) is 22.2. The van der Waals surface area contributed by atoms with Crippen molar-refractivity contribution >= 4 is 43.6 Å². The van der Waals surface area contributed by atoms with E-state index in [1.807, 2.05) is 36.4 Å². The number of aromatic nitrogens is 4. The summed E-state index contributed by atoms with van der Waals surface area (Å²) in [6.45, 7) is 0. The third-order valence-corrected chi connectivity index (χ3v) is 12.9. The molecule has 0 bridgehead atoms. The molecule has 0 aliphatic carbocycles. The van der Waals surface area contributed by atoms with E-state index in [0.29, 0.717) is 50.6 Å². The van der Waals surface area contributed by atoms with Gasteiger partial charge in [0.25, 0.3) is 0 Å². The molecule has 0 unspecified atom stereocenters. The second kappa shape index (κ2) is 16.3. The van der Waals surface area contributed by atoms with Crippen LogP contribution in [-0.4, -0.2) is 19.1 Å². The third kappa shape index (κ3) is 6.57. The van der Waals surface area contributed by atoms with Crippen molar-refractivity contribution in [2.45, 2.75) is 0 Å². The molecule has 0 radical (unpaired) electrons. The van der Waals surface area contributed by atoms with Crippen LogP contribution in [0.1, 0.15) is 16.7 Å². The molecule has 3 heterocycles. The highest BCUT2D eigenvalue weighted by Crippen LogP contribution is 2.38. The molecule has 12 aromatic rings. The van der Waals surface area contributed by atoms with Gasteiger partial charge in [0.1, 0.15) is 0 Å². The zero-order chi connectivity index (χ0) is 45.7. The molecule has 0 saturated heterocycles. The van der Waals surface area contributed by atoms with Gasteiger partial charge >= 0.3 is 0 Å². The van der Waals surface area contributed by atoms with Gasteiger partial charge in [-0.2, -0.15) is 15.8 Å². The minimum absolute atomic E-state index is 0.333. The van der Waals surface area contributed by atoms with E-state index in [4.69, 9.17) is 9.97 Å². The van der Waals surface area contributed by atoms with Crippen LogP contribution >= 0.6 is 0 Å². The number of benzene rings is 9. The number of rotatable bonds is 7. The molecule has 0 aliphatic rings. The van der Waals surface area contributed by atoms with Gasteiger partial charge in [-0.25, -0.2) is 9.97 Å². The van der Waals surface area contributed by atoms with Crippen molar-refractivity contribution in [1.82, 2.24) is 19.1 Å². The number of nitrogens with zero attached hydrogens (tertiary/aromatic N) is 7. The van der Waals surface area contributed by atoms with Crippen LogP contribution in [0.25, 0.3) is 111 Å². The van der Waals surface area contributed by atoms with E-state index in [1.54, 1.807) is 36.4 Å². The molecule has 0 fully saturated rings. The molecule has 7 heteroatoms. The molecular weight excluding hydrogens is 831 g/mol. The predicted molar refractivity (Wildman–Crippen MR) is 272 cm³/mol. The van der Waals surface area contributed by atoms with Crippen LogP contribution in [0.4, 0.5) is 0 Å². The standard InChI is InChI=1S/C61H35N7/c62-36-43-11-1-3-13-48(43)55-35-56(66-61(65-55)50-14-4-2-12-44(50)37-63)49-31-27-42(33-45(49)38-64)41-23-21-39(22-24-41)40-25-28-46(29-26-40)67-59-20-10-7-17-53(59)54-34-47(30-32-60(54)67)68-57-18-8-5-15-51(57)52-16-6-9-19-58(52)68/h1-35H. The number of fused-ring (bicyclic) bond motifs is 6. The van der Waals surface area contributed by atoms with Gasteiger partial charge in [0, 0.05) is 49.6 Å². The van der Waals surface area contributed by atoms with Gasteiger partial charge < -0.3 is 9.13 Å². The zero-order valence-corrected chi connectivity index (χ0v) is 36.3. The number of hydrogen-bond donors (Lipinski definition) is 0. The summed E-state index contributed by atoms with van der Waals surface area (Å²) in [5.41, 5.74) is 15.1. The summed E-state index contributed by atoms with van der Waals surface area (Å²) < 4.78 is 4.72. The van der Waals surface area contributed by atoms with Gasteiger partial charge in [-0.1, -0.05) is 133 Å². The number of nitriles is 3. The Labute approximate surface area is 391 Å². The lowest BCUT2D eigenvalue weighted by atomic mass is 9.95. The minimum atomic E-state index is 0.333. The SMILES string of the molecule is N#Cc1ccccc1-c1cc(-c2ccc(-c3ccc(-c4ccc(-n5c6ccccc6c6cc(-n7c8ccccc8c8ccccc87)ccc65)cc4)cc3)cc2C#N)nc(-c2ccccc2C#N)n1. The summed E-state index contributed by atoms with van der Waals surface area (Å²) in [6.07, 6.45) is 0. The lowest BCUT2D eigenvalue weighted by Crippen LogP contribution is -1.99. The molecule has 3 aromatic heterocycles. The van der Waals surface area contributed by atoms with Gasteiger partial charge in [0.15, 0.2) is 5.82 Å². The smallest absolute Gasteiger partial charge is 0.161 e. The van der Waals surface area contributed by atoms with Gasteiger partial charge in [0.05, 0.1) is 68.4 Å². The minimum Gasteiger partial charge on any atom is -0.309 e. The van der Waals surface area contributed by atoms with E-state index in [-0.39, 0.29) is 0 Å². The van der Waals surface area contributed by atoms with E-state index in [0.717, 1.165) is 44.7 Å². The molecule has 0 atom stereocenters. The lowest BCUT2D eigenvalue weighted by Gasteiger charge is -2.13. The van der Waals surface area contributed by atoms with Crippen LogP contribution in [-0.2, 0) is 0 Å². The predicted octanol–water partition coefficient (Wildman–Crippen LogP) is 14.6. The Morgan fingerprint density at radius 1 is 0.309 bits per heavy atom. The Kier molecular flexibility index (Phi) is 9.51. The first kappa shape index (κ1) is 39.7. The quantitative estimate of drug-likeness (QED) is 0.159. The van der Waals surface area contributed by atoms with E-state index in [1.165, 1.54) is 32.6 Å². The fourth-order valence-corrected chi connectivity index (χ4v) is 9.70. The normalized spacial score (nSPS) is 11.2. The molecule has 9 aromatic carbocycles. The van der Waals surface area contributed by atoms with Crippen LogP contribution in [0.2, 0.25) is 0 Å². The van der Waals surface area contributed by atoms with Crippen LogP contribution in [0.3, 0.4) is 0 Å². The highest BCUT2D eigenvalue weighted by Gasteiger charge is 2.19. The maximum atomic E-state index is 10.5. The Morgan fingerprint density at radius 2 is 0.721 bits per heavy atom. The van der Waals surface area contributed by atoms with E-state index in [2.05, 4.69) is 167 Å². The molecule has 0 saturated carbocycles. The molecule has 0 spiro atoms. The fourth-order valence-electron chi connectivity index (χ4n) is 9.70. The lowest BCUT2D eigenvalue weighted by molar-refractivity contribution is 1.17. The van der Waals surface area contributed by atoms with E-state index < -0.39 is 0 Å². The topological polar surface area (TPSA) is 107 Å². The van der Waals surface area contributed by atoms with Crippen LogP contribution < -0.4 is 0 Å². The Balaban J connectivity index is 0.863. The fraction of sp³-hybridized carbons (Fsp3) is 0. The summed E-state index contributed by atoms with van der Waals surface area (Å²) in [6, 6.07) is 78.7. The van der Waals surface area contributed by atoms with Crippen molar-refractivity contribution in [3.8, 4) is 85.7 Å². The maximum Gasteiger partial charge on any atom is 0.161 e. The van der Waals surface area contributed by atoms with Crippen LogP contribution in [0.15, 0.2) is 212 Å². The van der Waals surface area contributed by atoms with Crippen molar-refractivity contribution in [3.63, 3.8) is 0 Å². The van der Waals surface area contributed by atoms with Crippen molar-refractivity contribution in [2.24, 2.45) is 0 Å². The van der Waals surface area contributed by atoms with E-state index >= 15 is 0 Å². The monoisotopic (exact) mass is 865 g/mol. The van der Waals surface area contributed by atoms with Crippen molar-refractivity contribution < 1.29 is 0 Å². The third-order valence-electron chi connectivity index (χ3n) is 12.9. The van der Waals surface area contributed by atoms with Gasteiger partial charge in [-0.15, -0.1) is 0 Å². The second-order valence-electron chi connectivity index (χ2n) is 16.7. The summed E-state index contributed by atoms with van der Waals surface area (Å²) in [5.74, 6) is 0.333. The van der Waals surface area contributed by atoms with E-state index in [9.17, 15) is 15.8 Å². The summed E-state index contributed by atoms with van der Waals surface area (Å²) in [7, 11) is 0. The Hall–Kier alpha value is -9.87. The molecule has 7 nitrogen and oxygen atoms in total. The van der Waals surface area contributed by atoms with Crippen molar-refractivity contribution in [3.05, 3.63) is 229 Å². The van der Waals surface area contributed by atoms with Gasteiger partial charge in [0.2, 0.25) is 0 Å². The van der Waals surface area contributed by atoms with Crippen LogP contribution in [0.5, 0.6) is 0 Å². The molecule has 0 aliphatic heterocycles.